The van der Waals surface area contributed by atoms with Crippen molar-refractivity contribution in [2.24, 2.45) is 5.73 Å². The SMILES string of the molecule is COC(=O)c1c([C@@H]2O[C@H](CO)[C@@H](O)[C@H]2O)nsc1C(N)=O. The van der Waals surface area contributed by atoms with Crippen molar-refractivity contribution in [2.75, 3.05) is 13.7 Å². The van der Waals surface area contributed by atoms with Gasteiger partial charge in [0, 0.05) is 0 Å². The molecular formula is C11H14N2O7S. The van der Waals surface area contributed by atoms with Crippen molar-refractivity contribution in [3.05, 3.63) is 16.1 Å². The largest absolute Gasteiger partial charge is 0.465 e. The standard InChI is InChI=1S/C11H14N2O7S/c1-19-11(18)4-5(13-21-9(4)10(12)17)8-7(16)6(15)3(2-14)20-8/h3,6-8,14-16H,2H2,1H3,(H2,12,17)/t3-,6-,7-,8+/m1/s1. The second-order valence-corrected chi connectivity index (χ2v) is 5.16. The Balaban J connectivity index is 2.45. The highest BCUT2D eigenvalue weighted by Crippen LogP contribution is 2.36. The zero-order chi connectivity index (χ0) is 15.7. The van der Waals surface area contributed by atoms with Crippen molar-refractivity contribution in [3.63, 3.8) is 0 Å². The Bertz CT molecular complexity index is 561. The van der Waals surface area contributed by atoms with Gasteiger partial charge < -0.3 is 30.5 Å². The van der Waals surface area contributed by atoms with Crippen LogP contribution < -0.4 is 5.73 Å². The third kappa shape index (κ3) is 2.63. The molecule has 1 saturated heterocycles. The number of primary amides is 1. The van der Waals surface area contributed by atoms with Crippen molar-refractivity contribution in [1.82, 2.24) is 4.37 Å². The molecule has 4 atom stereocenters. The third-order valence-electron chi connectivity index (χ3n) is 3.14. The maximum absolute atomic E-state index is 11.8. The number of nitrogens with two attached hydrogens (primary N) is 1. The number of hydrogen-bond acceptors (Lipinski definition) is 9. The number of hydrogen-bond donors (Lipinski definition) is 4. The summed E-state index contributed by atoms with van der Waals surface area (Å²) in [4.78, 5) is 23.0. The molecule has 1 aliphatic rings. The van der Waals surface area contributed by atoms with Crippen LogP contribution in [0.25, 0.3) is 0 Å². The molecule has 9 nitrogen and oxygen atoms in total. The molecular weight excluding hydrogens is 304 g/mol. The highest BCUT2D eigenvalue weighted by molar-refractivity contribution is 7.08. The minimum Gasteiger partial charge on any atom is -0.465 e. The van der Waals surface area contributed by atoms with Crippen molar-refractivity contribution in [2.45, 2.75) is 24.4 Å². The third-order valence-corrected chi connectivity index (χ3v) is 4.02. The fourth-order valence-corrected chi connectivity index (χ4v) is 2.84. The second-order valence-electron chi connectivity index (χ2n) is 4.39. The molecule has 5 N–H and O–H groups in total. The molecule has 116 valence electrons. The summed E-state index contributed by atoms with van der Waals surface area (Å²) >= 11 is 0.666. The molecule has 1 aliphatic heterocycles. The van der Waals surface area contributed by atoms with Gasteiger partial charge in [-0.2, -0.15) is 4.37 Å². The average Bonchev–Trinajstić information content (AvgIpc) is 3.01. The quantitative estimate of drug-likeness (QED) is 0.474. The lowest BCUT2D eigenvalue weighted by Crippen LogP contribution is -2.32. The maximum atomic E-state index is 11.8. The Morgan fingerprint density at radius 3 is 2.57 bits per heavy atom. The summed E-state index contributed by atoms with van der Waals surface area (Å²) in [5.74, 6) is -1.73. The van der Waals surface area contributed by atoms with E-state index in [1.165, 1.54) is 0 Å². The summed E-state index contributed by atoms with van der Waals surface area (Å²) in [6.45, 7) is -0.519. The highest BCUT2D eigenvalue weighted by atomic mass is 32.1. The van der Waals surface area contributed by atoms with Gasteiger partial charge in [-0.3, -0.25) is 4.79 Å². The zero-order valence-electron chi connectivity index (χ0n) is 10.9. The molecule has 0 aromatic carbocycles. The van der Waals surface area contributed by atoms with E-state index in [1.807, 2.05) is 0 Å². The number of aliphatic hydroxyl groups excluding tert-OH is 3. The van der Waals surface area contributed by atoms with E-state index in [0.29, 0.717) is 11.5 Å². The molecule has 21 heavy (non-hydrogen) atoms. The van der Waals surface area contributed by atoms with Crippen LogP contribution in [0.2, 0.25) is 0 Å². The Kier molecular flexibility index (Phi) is 4.54. The van der Waals surface area contributed by atoms with E-state index < -0.39 is 42.9 Å². The fraction of sp³-hybridized carbons (Fsp3) is 0.545. The van der Waals surface area contributed by atoms with Crippen LogP contribution in [0.15, 0.2) is 0 Å². The van der Waals surface area contributed by atoms with E-state index in [-0.39, 0.29) is 16.1 Å². The molecule has 10 heteroatoms. The van der Waals surface area contributed by atoms with Crippen molar-refractivity contribution in [1.29, 1.82) is 0 Å². The van der Waals surface area contributed by atoms with Gasteiger partial charge in [0.15, 0.2) is 0 Å². The van der Waals surface area contributed by atoms with Gasteiger partial charge in [0.1, 0.15) is 40.6 Å². The molecule has 1 fully saturated rings. The number of nitrogens with zero attached hydrogens (tertiary/aromatic N) is 1. The first-order valence-electron chi connectivity index (χ1n) is 5.92. The lowest BCUT2D eigenvalue weighted by molar-refractivity contribution is -0.0240. The number of esters is 1. The number of methoxy groups -OCH3 is 1. The van der Waals surface area contributed by atoms with Crippen LogP contribution in [0.4, 0.5) is 0 Å². The molecule has 0 radical (unpaired) electrons. The van der Waals surface area contributed by atoms with Crippen LogP contribution in [0.5, 0.6) is 0 Å². The van der Waals surface area contributed by atoms with Gasteiger partial charge >= 0.3 is 5.97 Å². The molecule has 0 aliphatic carbocycles. The molecule has 0 unspecified atom stereocenters. The Morgan fingerprint density at radius 1 is 1.43 bits per heavy atom. The van der Waals surface area contributed by atoms with Gasteiger partial charge in [0.05, 0.1) is 13.7 Å². The first-order chi connectivity index (χ1) is 9.92. The number of carbonyl (C=O) groups excluding carboxylic acids is 2. The highest BCUT2D eigenvalue weighted by Gasteiger charge is 2.46. The van der Waals surface area contributed by atoms with Gasteiger partial charge in [0.25, 0.3) is 5.91 Å². The molecule has 1 amide bonds. The van der Waals surface area contributed by atoms with Gasteiger partial charge in [-0.05, 0) is 11.5 Å². The molecule has 2 rings (SSSR count). The van der Waals surface area contributed by atoms with Gasteiger partial charge in [-0.15, -0.1) is 0 Å². The van der Waals surface area contributed by atoms with Crippen molar-refractivity contribution < 1.29 is 34.4 Å². The van der Waals surface area contributed by atoms with E-state index in [4.69, 9.17) is 15.6 Å². The van der Waals surface area contributed by atoms with Crippen LogP contribution in [0.1, 0.15) is 31.8 Å². The van der Waals surface area contributed by atoms with E-state index in [9.17, 15) is 19.8 Å². The summed E-state index contributed by atoms with van der Waals surface area (Å²) in [6, 6.07) is 0. The number of rotatable bonds is 4. The Morgan fingerprint density at radius 2 is 2.10 bits per heavy atom. The van der Waals surface area contributed by atoms with Gasteiger partial charge in [-0.25, -0.2) is 4.79 Å². The number of aliphatic hydroxyl groups is 3. The van der Waals surface area contributed by atoms with Crippen LogP contribution >= 0.6 is 11.5 Å². The lowest BCUT2D eigenvalue weighted by atomic mass is 10.0. The molecule has 0 saturated carbocycles. The van der Waals surface area contributed by atoms with E-state index in [0.717, 1.165) is 7.11 Å². The number of amides is 1. The van der Waals surface area contributed by atoms with Crippen molar-refractivity contribution >= 4 is 23.4 Å². The normalized spacial score (nSPS) is 28.6. The van der Waals surface area contributed by atoms with Crippen LogP contribution in [-0.4, -0.2) is 63.6 Å². The number of ether oxygens (including phenoxy) is 2. The summed E-state index contributed by atoms with van der Waals surface area (Å²) in [7, 11) is 1.12. The monoisotopic (exact) mass is 318 g/mol. The van der Waals surface area contributed by atoms with Crippen LogP contribution in [0.3, 0.4) is 0 Å². The predicted octanol–water partition coefficient (Wildman–Crippen LogP) is -1.82. The van der Waals surface area contributed by atoms with Gasteiger partial charge in [0.2, 0.25) is 0 Å². The Labute approximate surface area is 123 Å². The van der Waals surface area contributed by atoms with E-state index in [2.05, 4.69) is 9.11 Å². The van der Waals surface area contributed by atoms with Crippen LogP contribution in [-0.2, 0) is 9.47 Å². The van der Waals surface area contributed by atoms with Crippen molar-refractivity contribution in [3.8, 4) is 0 Å². The first kappa shape index (κ1) is 15.8. The fourth-order valence-electron chi connectivity index (χ4n) is 2.09. The van der Waals surface area contributed by atoms with Crippen LogP contribution in [0, 0.1) is 0 Å². The second kappa shape index (κ2) is 6.03. The molecule has 0 spiro atoms. The minimum absolute atomic E-state index is 0.0526. The maximum Gasteiger partial charge on any atom is 0.341 e. The minimum atomic E-state index is -1.41. The topological polar surface area (TPSA) is 152 Å². The molecule has 1 aromatic heterocycles. The molecule has 2 heterocycles. The zero-order valence-corrected chi connectivity index (χ0v) is 11.7. The number of carbonyl (C=O) groups is 2. The predicted molar refractivity (Wildman–Crippen MR) is 68.7 cm³/mol. The van der Waals surface area contributed by atoms with Gasteiger partial charge in [-0.1, -0.05) is 0 Å². The van der Waals surface area contributed by atoms with E-state index >= 15 is 0 Å². The average molecular weight is 318 g/mol. The first-order valence-corrected chi connectivity index (χ1v) is 6.69. The van der Waals surface area contributed by atoms with E-state index in [1.54, 1.807) is 0 Å². The molecule has 0 bridgehead atoms. The summed E-state index contributed by atoms with van der Waals surface area (Å²) in [5, 5.41) is 28.7. The number of aromatic nitrogens is 1. The molecule has 1 aromatic rings. The summed E-state index contributed by atoms with van der Waals surface area (Å²) in [5.41, 5.74) is 4.91. The Hall–Kier alpha value is -1.59. The summed E-state index contributed by atoms with van der Waals surface area (Å²) < 4.78 is 13.8. The summed E-state index contributed by atoms with van der Waals surface area (Å²) in [6.07, 6.45) is -4.94. The smallest absolute Gasteiger partial charge is 0.341 e. The lowest BCUT2D eigenvalue weighted by Gasteiger charge is -2.13.